The summed E-state index contributed by atoms with van der Waals surface area (Å²) in [6.45, 7) is 10.3. The standard InChI is InChI=1S/C14H25N3O3/c1-10-8-17(9-11(10)2)14(20)16-6-4-15(5-7-16)12(3)13(18)19/h10-12H,4-9H2,1-3H3,(H,18,19). The van der Waals surface area contributed by atoms with Gasteiger partial charge in [-0.25, -0.2) is 4.79 Å². The van der Waals surface area contributed by atoms with Crippen molar-refractivity contribution in [3.05, 3.63) is 0 Å². The summed E-state index contributed by atoms with van der Waals surface area (Å²) in [6.07, 6.45) is 0. The third kappa shape index (κ3) is 3.06. The molecule has 3 atom stereocenters. The van der Waals surface area contributed by atoms with Crippen LogP contribution in [0.2, 0.25) is 0 Å². The Hall–Kier alpha value is -1.30. The van der Waals surface area contributed by atoms with Gasteiger partial charge in [-0.2, -0.15) is 0 Å². The van der Waals surface area contributed by atoms with Crippen LogP contribution >= 0.6 is 0 Å². The van der Waals surface area contributed by atoms with Crippen LogP contribution in [0.3, 0.4) is 0 Å². The molecule has 0 saturated carbocycles. The van der Waals surface area contributed by atoms with E-state index in [1.807, 2.05) is 14.7 Å². The molecule has 0 spiro atoms. The van der Waals surface area contributed by atoms with Crippen LogP contribution in [0.1, 0.15) is 20.8 Å². The number of hydrogen-bond acceptors (Lipinski definition) is 3. The Bertz CT molecular complexity index is 370. The molecule has 0 aliphatic carbocycles. The van der Waals surface area contributed by atoms with Crippen LogP contribution in [0, 0.1) is 11.8 Å². The maximum absolute atomic E-state index is 12.4. The van der Waals surface area contributed by atoms with Crippen molar-refractivity contribution >= 4 is 12.0 Å². The SMILES string of the molecule is CC1CN(C(=O)N2CCN(C(C)C(=O)O)CC2)CC1C. The molecule has 114 valence electrons. The molecule has 20 heavy (non-hydrogen) atoms. The molecule has 2 heterocycles. The van der Waals surface area contributed by atoms with Gasteiger partial charge in [0.25, 0.3) is 0 Å². The van der Waals surface area contributed by atoms with Gasteiger partial charge in [0, 0.05) is 39.3 Å². The molecule has 0 aromatic rings. The number of likely N-dealkylation sites (tertiary alicyclic amines) is 1. The van der Waals surface area contributed by atoms with E-state index in [0.29, 0.717) is 38.0 Å². The number of carbonyl (C=O) groups is 2. The number of aliphatic carboxylic acids is 1. The minimum atomic E-state index is -0.799. The van der Waals surface area contributed by atoms with Gasteiger partial charge in [-0.3, -0.25) is 9.69 Å². The fourth-order valence-electron chi connectivity index (χ4n) is 2.94. The first-order chi connectivity index (χ1) is 9.40. The summed E-state index contributed by atoms with van der Waals surface area (Å²) < 4.78 is 0. The van der Waals surface area contributed by atoms with E-state index in [9.17, 15) is 9.59 Å². The molecule has 0 radical (unpaired) electrons. The summed E-state index contributed by atoms with van der Waals surface area (Å²) in [5, 5.41) is 9.01. The van der Waals surface area contributed by atoms with Gasteiger partial charge < -0.3 is 14.9 Å². The van der Waals surface area contributed by atoms with E-state index in [2.05, 4.69) is 13.8 Å². The second-order valence-electron chi connectivity index (χ2n) is 6.18. The summed E-state index contributed by atoms with van der Waals surface area (Å²) in [6, 6.07) is -0.358. The highest BCUT2D eigenvalue weighted by molar-refractivity contribution is 5.75. The first-order valence-corrected chi connectivity index (χ1v) is 7.41. The van der Waals surface area contributed by atoms with Crippen molar-refractivity contribution in [2.24, 2.45) is 11.8 Å². The van der Waals surface area contributed by atoms with Gasteiger partial charge in [-0.05, 0) is 18.8 Å². The average Bonchev–Trinajstić information content (AvgIpc) is 2.77. The molecule has 3 unspecified atom stereocenters. The summed E-state index contributed by atoms with van der Waals surface area (Å²) in [5.41, 5.74) is 0. The number of nitrogens with zero attached hydrogens (tertiary/aromatic N) is 3. The van der Waals surface area contributed by atoms with E-state index >= 15 is 0 Å². The Morgan fingerprint density at radius 3 is 1.95 bits per heavy atom. The molecular weight excluding hydrogens is 258 g/mol. The molecule has 0 bridgehead atoms. The third-order valence-electron chi connectivity index (χ3n) is 4.75. The Balaban J connectivity index is 1.85. The van der Waals surface area contributed by atoms with Crippen LogP contribution < -0.4 is 0 Å². The van der Waals surface area contributed by atoms with Crippen molar-refractivity contribution in [3.63, 3.8) is 0 Å². The Morgan fingerprint density at radius 1 is 1.00 bits per heavy atom. The lowest BCUT2D eigenvalue weighted by atomic mass is 10.0. The van der Waals surface area contributed by atoms with Gasteiger partial charge in [-0.1, -0.05) is 13.8 Å². The maximum Gasteiger partial charge on any atom is 0.320 e. The summed E-state index contributed by atoms with van der Waals surface area (Å²) in [4.78, 5) is 29.1. The smallest absolute Gasteiger partial charge is 0.320 e. The third-order valence-corrected chi connectivity index (χ3v) is 4.75. The first kappa shape index (κ1) is 15.1. The van der Waals surface area contributed by atoms with Crippen LogP contribution in [-0.4, -0.2) is 77.1 Å². The predicted octanol–water partition coefficient (Wildman–Crippen LogP) is 0.785. The fraction of sp³-hybridized carbons (Fsp3) is 0.857. The van der Waals surface area contributed by atoms with Gasteiger partial charge in [0.1, 0.15) is 6.04 Å². The van der Waals surface area contributed by atoms with E-state index in [0.717, 1.165) is 13.1 Å². The second kappa shape index (κ2) is 5.99. The van der Waals surface area contributed by atoms with Crippen molar-refractivity contribution < 1.29 is 14.7 Å². The summed E-state index contributed by atoms with van der Waals surface area (Å²) in [7, 11) is 0. The van der Waals surface area contributed by atoms with Gasteiger partial charge >= 0.3 is 12.0 Å². The average molecular weight is 283 g/mol. The predicted molar refractivity (Wildman–Crippen MR) is 75.5 cm³/mol. The lowest BCUT2D eigenvalue weighted by Gasteiger charge is -2.38. The molecule has 2 rings (SSSR count). The van der Waals surface area contributed by atoms with Gasteiger partial charge in [0.15, 0.2) is 0 Å². The largest absolute Gasteiger partial charge is 0.480 e. The zero-order valence-electron chi connectivity index (χ0n) is 12.6. The second-order valence-corrected chi connectivity index (χ2v) is 6.18. The molecule has 2 aliphatic heterocycles. The monoisotopic (exact) mass is 283 g/mol. The van der Waals surface area contributed by atoms with Crippen LogP contribution in [0.5, 0.6) is 0 Å². The van der Waals surface area contributed by atoms with Crippen LogP contribution in [0.25, 0.3) is 0 Å². The minimum absolute atomic E-state index is 0.115. The number of carbonyl (C=O) groups excluding carboxylic acids is 1. The van der Waals surface area contributed by atoms with Crippen molar-refractivity contribution in [1.29, 1.82) is 0 Å². The molecule has 2 saturated heterocycles. The topological polar surface area (TPSA) is 64.1 Å². The highest BCUT2D eigenvalue weighted by Gasteiger charge is 2.34. The van der Waals surface area contributed by atoms with Crippen molar-refractivity contribution in [1.82, 2.24) is 14.7 Å². The zero-order chi connectivity index (χ0) is 14.9. The summed E-state index contributed by atoms with van der Waals surface area (Å²) in [5.74, 6) is 0.325. The Labute approximate surface area is 120 Å². The van der Waals surface area contributed by atoms with Crippen molar-refractivity contribution in [2.45, 2.75) is 26.8 Å². The molecule has 2 aliphatic rings. The molecule has 2 fully saturated rings. The van der Waals surface area contributed by atoms with E-state index in [4.69, 9.17) is 5.11 Å². The van der Waals surface area contributed by atoms with Crippen molar-refractivity contribution in [3.8, 4) is 0 Å². The maximum atomic E-state index is 12.4. The first-order valence-electron chi connectivity index (χ1n) is 7.41. The van der Waals surface area contributed by atoms with E-state index in [1.54, 1.807) is 6.92 Å². The Kier molecular flexibility index (Phi) is 4.52. The minimum Gasteiger partial charge on any atom is -0.480 e. The van der Waals surface area contributed by atoms with Gasteiger partial charge in [0.2, 0.25) is 0 Å². The van der Waals surface area contributed by atoms with Crippen LogP contribution in [0.4, 0.5) is 4.79 Å². The Morgan fingerprint density at radius 2 is 1.50 bits per heavy atom. The van der Waals surface area contributed by atoms with Gasteiger partial charge in [0.05, 0.1) is 0 Å². The number of urea groups is 1. The molecule has 1 N–H and O–H groups in total. The quantitative estimate of drug-likeness (QED) is 0.813. The van der Waals surface area contributed by atoms with Gasteiger partial charge in [-0.15, -0.1) is 0 Å². The number of carboxylic acid groups (broad SMARTS) is 1. The highest BCUT2D eigenvalue weighted by Crippen LogP contribution is 2.23. The van der Waals surface area contributed by atoms with Crippen LogP contribution in [0.15, 0.2) is 0 Å². The lowest BCUT2D eigenvalue weighted by molar-refractivity contribution is -0.143. The molecule has 0 aromatic carbocycles. The number of piperazine rings is 1. The zero-order valence-corrected chi connectivity index (χ0v) is 12.6. The van der Waals surface area contributed by atoms with E-state index in [-0.39, 0.29) is 6.03 Å². The van der Waals surface area contributed by atoms with E-state index in [1.165, 1.54) is 0 Å². The molecule has 6 heteroatoms. The van der Waals surface area contributed by atoms with Crippen molar-refractivity contribution in [2.75, 3.05) is 39.3 Å². The molecule has 6 nitrogen and oxygen atoms in total. The molecular formula is C14H25N3O3. The lowest BCUT2D eigenvalue weighted by Crippen LogP contribution is -2.55. The number of hydrogen-bond donors (Lipinski definition) is 1. The highest BCUT2D eigenvalue weighted by atomic mass is 16.4. The number of amides is 2. The fourth-order valence-corrected chi connectivity index (χ4v) is 2.94. The normalized spacial score (nSPS) is 29.6. The van der Waals surface area contributed by atoms with E-state index < -0.39 is 12.0 Å². The number of rotatable bonds is 2. The summed E-state index contributed by atoms with van der Waals surface area (Å²) >= 11 is 0. The number of carboxylic acids is 1. The molecule has 2 amide bonds. The van der Waals surface area contributed by atoms with Crippen LogP contribution in [-0.2, 0) is 4.79 Å². The molecule has 0 aromatic heterocycles.